The summed E-state index contributed by atoms with van der Waals surface area (Å²) in [4.78, 5) is 11.0. The van der Waals surface area contributed by atoms with Gasteiger partial charge < -0.3 is 15.3 Å². The highest BCUT2D eigenvalue weighted by Crippen LogP contribution is 2.29. The van der Waals surface area contributed by atoms with Gasteiger partial charge >= 0.3 is 6.36 Å². The highest BCUT2D eigenvalue weighted by Gasteiger charge is 2.32. The van der Waals surface area contributed by atoms with E-state index >= 15 is 0 Å². The van der Waals surface area contributed by atoms with E-state index in [1.165, 1.54) is 18.2 Å². The second-order valence-corrected chi connectivity index (χ2v) is 2.78. The minimum absolute atomic E-state index is 0.185. The van der Waals surface area contributed by atoms with Crippen molar-refractivity contribution in [2.75, 3.05) is 5.32 Å². The van der Waals surface area contributed by atoms with Gasteiger partial charge in [-0.25, -0.2) is 0 Å². The lowest BCUT2D eigenvalue weighted by Crippen LogP contribution is -2.19. The third kappa shape index (κ3) is 4.41. The maximum absolute atomic E-state index is 12.0. The van der Waals surface area contributed by atoms with E-state index in [-0.39, 0.29) is 5.69 Å². The molecule has 0 aromatic heterocycles. The number of ether oxygens (including phenoxy) is 1. The molecule has 0 saturated carbocycles. The van der Waals surface area contributed by atoms with E-state index in [1.807, 2.05) is 0 Å². The average Bonchev–Trinajstić information content (AvgIpc) is 2.19. The van der Waals surface area contributed by atoms with Gasteiger partial charge in [0.05, 0.1) is 5.69 Å². The summed E-state index contributed by atoms with van der Waals surface area (Å²) in [5, 5.41) is 12.6. The molecule has 0 atom stereocenters. The Morgan fingerprint density at radius 2 is 2.06 bits per heavy atom. The number of amides is 1. The summed E-state index contributed by atoms with van der Waals surface area (Å²) in [5.74, 6) is -1.44. The number of oxime groups is 1. The molecule has 1 rings (SSSR count). The SMILES string of the molecule is O=C(C=NO)Nc1ccccc1OC(F)(F)F. The lowest BCUT2D eigenvalue weighted by atomic mass is 10.3. The third-order valence-corrected chi connectivity index (χ3v) is 1.55. The van der Waals surface area contributed by atoms with Crippen molar-refractivity contribution in [1.29, 1.82) is 0 Å². The number of para-hydroxylation sites is 2. The average molecular weight is 248 g/mol. The highest BCUT2D eigenvalue weighted by atomic mass is 19.4. The fourth-order valence-corrected chi connectivity index (χ4v) is 1.00. The Labute approximate surface area is 93.5 Å². The van der Waals surface area contributed by atoms with Crippen LogP contribution < -0.4 is 10.1 Å². The second kappa shape index (κ2) is 5.19. The predicted molar refractivity (Wildman–Crippen MR) is 52.0 cm³/mol. The molecule has 0 heterocycles. The Morgan fingerprint density at radius 1 is 1.41 bits per heavy atom. The van der Waals surface area contributed by atoms with Crippen molar-refractivity contribution in [3.05, 3.63) is 24.3 Å². The Balaban J connectivity index is 2.88. The topological polar surface area (TPSA) is 70.9 Å². The summed E-state index contributed by atoms with van der Waals surface area (Å²) in [7, 11) is 0. The van der Waals surface area contributed by atoms with Gasteiger partial charge in [0.2, 0.25) is 0 Å². The highest BCUT2D eigenvalue weighted by molar-refractivity contribution is 6.31. The number of nitrogens with zero attached hydrogens (tertiary/aromatic N) is 1. The molecule has 2 N–H and O–H groups in total. The van der Waals surface area contributed by atoms with Crippen LogP contribution in [0.4, 0.5) is 18.9 Å². The monoisotopic (exact) mass is 248 g/mol. The minimum atomic E-state index is -4.86. The Hall–Kier alpha value is -2.25. The fourth-order valence-electron chi connectivity index (χ4n) is 1.00. The molecule has 0 fully saturated rings. The number of rotatable bonds is 3. The van der Waals surface area contributed by atoms with Crippen LogP contribution in [0.5, 0.6) is 5.75 Å². The predicted octanol–water partition coefficient (Wildman–Crippen LogP) is 1.98. The molecule has 1 amide bonds. The fraction of sp³-hybridized carbons (Fsp3) is 0.111. The molecule has 0 aliphatic carbocycles. The molecule has 8 heteroatoms. The van der Waals surface area contributed by atoms with Gasteiger partial charge in [-0.05, 0) is 12.1 Å². The first-order valence-electron chi connectivity index (χ1n) is 4.25. The number of carbonyl (C=O) groups excluding carboxylic acids is 1. The third-order valence-electron chi connectivity index (χ3n) is 1.55. The number of hydrogen-bond donors (Lipinski definition) is 2. The van der Waals surface area contributed by atoms with Crippen LogP contribution in [0, 0.1) is 0 Å². The Bertz CT molecular complexity index is 432. The minimum Gasteiger partial charge on any atom is -0.411 e. The van der Waals surface area contributed by atoms with Gasteiger partial charge in [0.25, 0.3) is 5.91 Å². The van der Waals surface area contributed by atoms with E-state index in [9.17, 15) is 18.0 Å². The van der Waals surface area contributed by atoms with E-state index in [0.29, 0.717) is 6.21 Å². The van der Waals surface area contributed by atoms with Crippen LogP contribution in [-0.2, 0) is 4.79 Å². The number of hydrogen-bond acceptors (Lipinski definition) is 4. The van der Waals surface area contributed by atoms with Crippen molar-refractivity contribution in [3.8, 4) is 5.75 Å². The normalized spacial score (nSPS) is 11.5. The van der Waals surface area contributed by atoms with Crippen LogP contribution in [0.1, 0.15) is 0 Å². The summed E-state index contributed by atoms with van der Waals surface area (Å²) in [6.07, 6.45) is -4.35. The van der Waals surface area contributed by atoms with Crippen LogP contribution in [0.15, 0.2) is 29.4 Å². The van der Waals surface area contributed by atoms with Gasteiger partial charge in [-0.2, -0.15) is 0 Å². The molecule has 0 unspecified atom stereocenters. The first-order valence-corrected chi connectivity index (χ1v) is 4.25. The van der Waals surface area contributed by atoms with Crippen molar-refractivity contribution >= 4 is 17.8 Å². The molecule has 0 saturated heterocycles. The molecule has 0 bridgehead atoms. The van der Waals surface area contributed by atoms with Crippen LogP contribution in [-0.4, -0.2) is 23.7 Å². The van der Waals surface area contributed by atoms with E-state index in [1.54, 1.807) is 0 Å². The second-order valence-electron chi connectivity index (χ2n) is 2.78. The van der Waals surface area contributed by atoms with Crippen molar-refractivity contribution in [2.24, 2.45) is 5.16 Å². The number of nitrogens with one attached hydrogen (secondary N) is 1. The van der Waals surface area contributed by atoms with Gasteiger partial charge in [-0.15, -0.1) is 13.2 Å². The maximum Gasteiger partial charge on any atom is 0.573 e. The Morgan fingerprint density at radius 3 is 2.65 bits per heavy atom. The zero-order valence-corrected chi connectivity index (χ0v) is 8.23. The molecule has 0 spiro atoms. The molecule has 0 radical (unpaired) electrons. The summed E-state index contributed by atoms with van der Waals surface area (Å²) >= 11 is 0. The molecule has 5 nitrogen and oxygen atoms in total. The standard InChI is InChI=1S/C9H7F3N2O3/c10-9(11,12)17-7-4-2-1-3-6(7)14-8(15)5-13-16/h1-5,16H,(H,14,15). The summed E-state index contributed by atoms with van der Waals surface area (Å²) < 4.78 is 39.7. The Kier molecular flexibility index (Phi) is 3.91. The number of anilines is 1. The van der Waals surface area contributed by atoms with E-state index < -0.39 is 18.0 Å². The molecule has 92 valence electrons. The van der Waals surface area contributed by atoms with Crippen molar-refractivity contribution in [1.82, 2.24) is 0 Å². The van der Waals surface area contributed by atoms with Gasteiger partial charge in [-0.3, -0.25) is 4.79 Å². The largest absolute Gasteiger partial charge is 0.573 e. The quantitative estimate of drug-likeness (QED) is 0.488. The molecule has 1 aromatic carbocycles. The lowest BCUT2D eigenvalue weighted by Gasteiger charge is -2.12. The molecule has 17 heavy (non-hydrogen) atoms. The maximum atomic E-state index is 12.0. The van der Waals surface area contributed by atoms with Crippen molar-refractivity contribution in [3.63, 3.8) is 0 Å². The number of carbonyl (C=O) groups is 1. The van der Waals surface area contributed by atoms with Crippen molar-refractivity contribution < 1.29 is 27.9 Å². The zero-order chi connectivity index (χ0) is 12.9. The first-order chi connectivity index (χ1) is 7.92. The molecule has 1 aromatic rings. The number of benzene rings is 1. The van der Waals surface area contributed by atoms with Crippen LogP contribution >= 0.6 is 0 Å². The molecule has 0 aliphatic heterocycles. The van der Waals surface area contributed by atoms with E-state index in [2.05, 4.69) is 15.2 Å². The van der Waals surface area contributed by atoms with Crippen LogP contribution in [0.25, 0.3) is 0 Å². The van der Waals surface area contributed by atoms with Crippen LogP contribution in [0.3, 0.4) is 0 Å². The number of alkyl halides is 3. The molecule has 0 aliphatic rings. The zero-order valence-electron chi connectivity index (χ0n) is 8.23. The summed E-state index contributed by atoms with van der Waals surface area (Å²) in [6, 6.07) is 4.98. The first kappa shape index (κ1) is 12.8. The van der Waals surface area contributed by atoms with Gasteiger partial charge in [0, 0.05) is 0 Å². The summed E-state index contributed by atoms with van der Waals surface area (Å²) in [5.41, 5.74) is -0.185. The van der Waals surface area contributed by atoms with Crippen LogP contribution in [0.2, 0.25) is 0 Å². The van der Waals surface area contributed by atoms with Crippen molar-refractivity contribution in [2.45, 2.75) is 6.36 Å². The molecular formula is C9H7F3N2O3. The van der Waals surface area contributed by atoms with Gasteiger partial charge in [-0.1, -0.05) is 17.3 Å². The molecular weight excluding hydrogens is 241 g/mol. The summed E-state index contributed by atoms with van der Waals surface area (Å²) in [6.45, 7) is 0. The smallest absolute Gasteiger partial charge is 0.411 e. The lowest BCUT2D eigenvalue weighted by molar-refractivity contribution is -0.274. The number of halogens is 3. The van der Waals surface area contributed by atoms with E-state index in [0.717, 1.165) is 6.07 Å². The van der Waals surface area contributed by atoms with Gasteiger partial charge in [0.15, 0.2) is 5.75 Å². The van der Waals surface area contributed by atoms with Gasteiger partial charge in [0.1, 0.15) is 6.21 Å². The van der Waals surface area contributed by atoms with E-state index in [4.69, 9.17) is 5.21 Å².